The third-order valence-corrected chi connectivity index (χ3v) is 2.20. The molecule has 0 bridgehead atoms. The molecule has 0 saturated heterocycles. The molecule has 0 atom stereocenters. The van der Waals surface area contributed by atoms with Gasteiger partial charge in [-0.05, 0) is 41.9 Å². The monoisotopic (exact) mass is 228 g/mol. The second-order valence-corrected chi connectivity index (χ2v) is 3.36. The molecule has 0 spiro atoms. The van der Waals surface area contributed by atoms with Crippen molar-refractivity contribution >= 4 is 20.6 Å². The molecule has 0 aliphatic carbocycles. The number of hydrogen-bond acceptors (Lipinski definition) is 2. The van der Waals surface area contributed by atoms with Crippen LogP contribution in [-0.4, -0.2) is 22.6 Å². The molecule has 0 unspecified atom stereocenters. The number of aliphatic imine (C=N–C) groups is 1. The fraction of sp³-hybridized carbons (Fsp3) is 0.444. The maximum atomic E-state index is 4.27. The van der Waals surface area contributed by atoms with Crippen LogP contribution in [0.3, 0.4) is 0 Å². The van der Waals surface area contributed by atoms with Gasteiger partial charge in [-0.3, -0.25) is 0 Å². The van der Waals surface area contributed by atoms with E-state index in [0.29, 0.717) is 0 Å². The summed E-state index contributed by atoms with van der Waals surface area (Å²) in [7, 11) is 0. The average molecular weight is 229 g/mol. The van der Waals surface area contributed by atoms with E-state index in [1.165, 1.54) is 0 Å². The van der Waals surface area contributed by atoms with Gasteiger partial charge in [-0.15, -0.1) is 0 Å². The zero-order valence-corrected chi connectivity index (χ0v) is 9.00. The summed E-state index contributed by atoms with van der Waals surface area (Å²) in [6, 6.07) is 0. The third kappa shape index (κ3) is 2.48. The largest absolute Gasteiger partial charge is 0.376 e. The Labute approximate surface area is 81.8 Å². The highest BCUT2D eigenvalue weighted by molar-refractivity contribution is 9.18. The van der Waals surface area contributed by atoms with Crippen LogP contribution in [0.15, 0.2) is 29.0 Å². The molecule has 0 saturated carbocycles. The first-order valence-corrected chi connectivity index (χ1v) is 4.93. The van der Waals surface area contributed by atoms with E-state index in [9.17, 15) is 0 Å². The van der Waals surface area contributed by atoms with Gasteiger partial charge in [-0.25, -0.2) is 4.99 Å². The summed E-state index contributed by atoms with van der Waals surface area (Å²) in [4.78, 5) is 6.48. The van der Waals surface area contributed by atoms with Crippen LogP contribution in [-0.2, 0) is 0 Å². The number of halogens is 1. The molecule has 1 rings (SSSR count). The lowest BCUT2D eigenvalue weighted by Gasteiger charge is -2.14. The van der Waals surface area contributed by atoms with E-state index in [0.717, 1.165) is 23.4 Å². The Balaban J connectivity index is 2.63. The van der Waals surface area contributed by atoms with Gasteiger partial charge in [0, 0.05) is 19.3 Å². The summed E-state index contributed by atoms with van der Waals surface area (Å²) in [5.41, 5.74) is 1.02. The molecule has 3 heteroatoms. The Kier molecular flexibility index (Phi) is 3.53. The summed E-state index contributed by atoms with van der Waals surface area (Å²) < 4.78 is 0.904. The number of rotatable bonds is 3. The van der Waals surface area contributed by atoms with E-state index in [1.807, 2.05) is 12.2 Å². The Hall–Kier alpha value is -0.570. The molecule has 0 amide bonds. The first-order valence-electron chi connectivity index (χ1n) is 4.14. The van der Waals surface area contributed by atoms with Crippen molar-refractivity contribution in [2.24, 2.45) is 4.99 Å². The highest BCUT2D eigenvalue weighted by Crippen LogP contribution is 2.12. The molecule has 1 aliphatic heterocycles. The summed E-state index contributed by atoms with van der Waals surface area (Å²) in [6.07, 6.45) is 6.03. The fourth-order valence-electron chi connectivity index (χ4n) is 1.02. The molecule has 0 radical (unpaired) electrons. The Morgan fingerprint density at radius 3 is 2.50 bits per heavy atom. The van der Waals surface area contributed by atoms with Crippen molar-refractivity contribution in [2.45, 2.75) is 13.8 Å². The van der Waals surface area contributed by atoms with Crippen molar-refractivity contribution in [2.75, 3.05) is 13.1 Å². The van der Waals surface area contributed by atoms with Crippen LogP contribution < -0.4 is 0 Å². The van der Waals surface area contributed by atoms with Gasteiger partial charge in [0.25, 0.3) is 0 Å². The van der Waals surface area contributed by atoms with Crippen LogP contribution in [0.1, 0.15) is 13.8 Å². The molecule has 0 fully saturated rings. The number of nitrogens with zero attached hydrogens (tertiary/aromatic N) is 2. The predicted molar refractivity (Wildman–Crippen MR) is 56.5 cm³/mol. The second kappa shape index (κ2) is 4.45. The van der Waals surface area contributed by atoms with Crippen LogP contribution in [0.5, 0.6) is 0 Å². The summed E-state index contributed by atoms with van der Waals surface area (Å²) in [6.45, 7) is 6.33. The normalized spacial score (nSPS) is 18.6. The summed E-state index contributed by atoms with van der Waals surface area (Å²) >= 11 is 3.32. The average Bonchev–Trinajstić information content (AvgIpc) is 2.47. The maximum Gasteiger partial charge on any atom is 0.106 e. The minimum Gasteiger partial charge on any atom is -0.376 e. The molecule has 0 aromatic carbocycles. The maximum absolute atomic E-state index is 4.27. The van der Waals surface area contributed by atoms with Crippen LogP contribution >= 0.6 is 15.9 Å². The predicted octanol–water partition coefficient (Wildman–Crippen LogP) is 2.53. The zero-order valence-electron chi connectivity index (χ0n) is 7.42. The minimum absolute atomic E-state index is 0.904. The van der Waals surface area contributed by atoms with E-state index < -0.39 is 0 Å². The number of allylic oxidation sites excluding steroid dienone is 2. The van der Waals surface area contributed by atoms with Gasteiger partial charge in [0.05, 0.1) is 5.70 Å². The van der Waals surface area contributed by atoms with Gasteiger partial charge >= 0.3 is 0 Å². The van der Waals surface area contributed by atoms with Gasteiger partial charge in [-0.2, -0.15) is 0 Å². The van der Waals surface area contributed by atoms with Crippen molar-refractivity contribution in [3.8, 4) is 0 Å². The van der Waals surface area contributed by atoms with Gasteiger partial charge < -0.3 is 4.90 Å². The molecule has 0 N–H and O–H groups in total. The topological polar surface area (TPSA) is 15.6 Å². The van der Waals surface area contributed by atoms with Crippen LogP contribution in [0.2, 0.25) is 0 Å². The van der Waals surface area contributed by atoms with Gasteiger partial charge in [0.1, 0.15) is 4.62 Å². The van der Waals surface area contributed by atoms with Crippen molar-refractivity contribution in [3.63, 3.8) is 0 Å². The van der Waals surface area contributed by atoms with Crippen molar-refractivity contribution in [3.05, 3.63) is 24.0 Å². The smallest absolute Gasteiger partial charge is 0.106 e. The molecule has 1 heterocycles. The Bertz CT molecular complexity index is 237. The van der Waals surface area contributed by atoms with Gasteiger partial charge in [0.15, 0.2) is 0 Å². The van der Waals surface area contributed by atoms with Crippen LogP contribution in [0, 0.1) is 0 Å². The van der Waals surface area contributed by atoms with Crippen molar-refractivity contribution < 1.29 is 0 Å². The number of hydrogen-bond donors (Lipinski definition) is 0. The standard InChI is InChI=1S/C9H13BrN2/c1-3-12(4-2)7-8-5-6-9(10)11-8/h5-7H,3-4H2,1-2H3/b8-7-. The lowest BCUT2D eigenvalue weighted by molar-refractivity contribution is 0.416. The summed E-state index contributed by atoms with van der Waals surface area (Å²) in [5.74, 6) is 0. The summed E-state index contributed by atoms with van der Waals surface area (Å²) in [5, 5.41) is 0. The quantitative estimate of drug-likeness (QED) is 0.726. The van der Waals surface area contributed by atoms with E-state index >= 15 is 0 Å². The molecular weight excluding hydrogens is 216 g/mol. The fourth-order valence-corrected chi connectivity index (χ4v) is 1.35. The minimum atomic E-state index is 0.904. The molecular formula is C9H13BrN2. The molecule has 1 aliphatic rings. The highest BCUT2D eigenvalue weighted by Gasteiger charge is 2.01. The zero-order chi connectivity index (χ0) is 8.97. The Morgan fingerprint density at radius 1 is 1.42 bits per heavy atom. The third-order valence-electron chi connectivity index (χ3n) is 1.75. The molecule has 0 aromatic heterocycles. The molecule has 2 nitrogen and oxygen atoms in total. The molecule has 0 aromatic rings. The first-order chi connectivity index (χ1) is 5.76. The van der Waals surface area contributed by atoms with Gasteiger partial charge in [0.2, 0.25) is 0 Å². The van der Waals surface area contributed by atoms with Gasteiger partial charge in [-0.1, -0.05) is 0 Å². The van der Waals surface area contributed by atoms with E-state index in [2.05, 4.69) is 45.9 Å². The first kappa shape index (κ1) is 9.52. The highest BCUT2D eigenvalue weighted by atomic mass is 79.9. The van der Waals surface area contributed by atoms with E-state index in [1.54, 1.807) is 0 Å². The second-order valence-electron chi connectivity index (χ2n) is 2.54. The van der Waals surface area contributed by atoms with Crippen LogP contribution in [0.4, 0.5) is 0 Å². The van der Waals surface area contributed by atoms with Crippen molar-refractivity contribution in [1.82, 2.24) is 4.90 Å². The Morgan fingerprint density at radius 2 is 2.08 bits per heavy atom. The van der Waals surface area contributed by atoms with Crippen molar-refractivity contribution in [1.29, 1.82) is 0 Å². The van der Waals surface area contributed by atoms with E-state index in [4.69, 9.17) is 0 Å². The van der Waals surface area contributed by atoms with E-state index in [-0.39, 0.29) is 0 Å². The molecule has 66 valence electrons. The van der Waals surface area contributed by atoms with Crippen LogP contribution in [0.25, 0.3) is 0 Å². The lowest BCUT2D eigenvalue weighted by atomic mass is 10.4. The SMILES string of the molecule is CCN(/C=C1/C=CC(Br)=N1)CC. The lowest BCUT2D eigenvalue weighted by Crippen LogP contribution is -2.15. The molecule has 12 heavy (non-hydrogen) atoms.